The molecule has 1 aromatic heterocycles. The van der Waals surface area contributed by atoms with E-state index < -0.39 is 67.2 Å². The van der Waals surface area contributed by atoms with E-state index in [1.807, 2.05) is 0 Å². The molecule has 0 aliphatic carbocycles. The number of rotatable bonds is 10. The molecule has 2 amide bonds. The monoisotopic (exact) mass is 718 g/mol. The van der Waals surface area contributed by atoms with Crippen LogP contribution in [-0.2, 0) is 14.8 Å². The summed E-state index contributed by atoms with van der Waals surface area (Å²) in [6.07, 6.45) is -0.447. The van der Waals surface area contributed by atoms with Gasteiger partial charge in [0.25, 0.3) is 6.09 Å². The number of nitrogens with one attached hydrogen (secondary N) is 1. The number of ether oxygens (including phenoxy) is 3. The minimum atomic E-state index is -5.10. The van der Waals surface area contributed by atoms with Crippen molar-refractivity contribution in [2.75, 3.05) is 65.4 Å². The number of piperidine rings is 1. The van der Waals surface area contributed by atoms with Gasteiger partial charge in [0.2, 0.25) is 11.8 Å². The summed E-state index contributed by atoms with van der Waals surface area (Å²) in [6.45, 7) is 6.60. The predicted octanol–water partition coefficient (Wildman–Crippen LogP) is 2.39. The summed E-state index contributed by atoms with van der Waals surface area (Å²) in [7, 11) is -2.43. The van der Waals surface area contributed by atoms with Crippen LogP contribution < -0.4 is 24.6 Å². The topological polar surface area (TPSA) is 174 Å². The zero-order chi connectivity index (χ0) is 36.5. The van der Waals surface area contributed by atoms with Gasteiger partial charge in [0.15, 0.2) is 4.90 Å². The van der Waals surface area contributed by atoms with Crippen LogP contribution in [0, 0.1) is 17.2 Å². The van der Waals surface area contributed by atoms with Gasteiger partial charge < -0.3 is 34.3 Å². The molecule has 2 fully saturated rings. The van der Waals surface area contributed by atoms with E-state index in [2.05, 4.69) is 33.1 Å². The van der Waals surface area contributed by atoms with E-state index in [1.165, 1.54) is 38.6 Å². The molecule has 1 N–H and O–H groups in total. The van der Waals surface area contributed by atoms with Crippen LogP contribution >= 0.6 is 0 Å². The van der Waals surface area contributed by atoms with Gasteiger partial charge in [-0.2, -0.15) is 17.6 Å². The van der Waals surface area contributed by atoms with Crippen molar-refractivity contribution >= 4 is 27.7 Å². The number of nitrogens with zero attached hydrogens (tertiary/aromatic N) is 5. The Kier molecular flexibility index (Phi) is 10.2. The molecule has 0 saturated carbocycles. The van der Waals surface area contributed by atoms with E-state index in [-0.39, 0.29) is 24.0 Å². The van der Waals surface area contributed by atoms with Gasteiger partial charge in [-0.25, -0.2) is 4.98 Å². The second kappa shape index (κ2) is 14.5. The average Bonchev–Trinajstić information content (AvgIpc) is 3.48. The number of piperazine rings is 1. The highest BCUT2D eigenvalue weighted by Crippen LogP contribution is 2.54. The summed E-state index contributed by atoms with van der Waals surface area (Å²) in [5.41, 5.74) is 1.27. The van der Waals surface area contributed by atoms with Gasteiger partial charge in [-0.15, -0.1) is 0 Å². The molecular formula is C36H42N6O8S. The van der Waals surface area contributed by atoms with Crippen molar-refractivity contribution in [3.8, 4) is 23.4 Å². The Balaban J connectivity index is 1.71. The smallest absolute Gasteiger partial charge is 0.337 e. The zero-order valence-electron chi connectivity index (χ0n) is 29.0. The van der Waals surface area contributed by atoms with Gasteiger partial charge in [-0.05, 0) is 43.3 Å². The van der Waals surface area contributed by atoms with Crippen molar-refractivity contribution in [1.82, 2.24) is 14.8 Å². The highest BCUT2D eigenvalue weighted by Gasteiger charge is 2.68. The maximum atomic E-state index is 15.5. The normalized spacial score (nSPS) is 26.8. The van der Waals surface area contributed by atoms with Crippen molar-refractivity contribution in [1.29, 1.82) is 5.26 Å². The highest BCUT2D eigenvalue weighted by molar-refractivity contribution is 7.86. The van der Waals surface area contributed by atoms with Crippen LogP contribution in [-0.4, -0.2) is 111 Å². The predicted molar refractivity (Wildman–Crippen MR) is 184 cm³/mol. The fraction of sp³-hybridized carbons (Fsp3) is 0.444. The van der Waals surface area contributed by atoms with Crippen molar-refractivity contribution in [3.63, 3.8) is 0 Å². The lowest BCUT2D eigenvalue weighted by Crippen LogP contribution is -2.77. The number of amides is 2. The fourth-order valence-electron chi connectivity index (χ4n) is 8.23. The number of hydrogen-bond donors (Lipinski definition) is 1. The van der Waals surface area contributed by atoms with E-state index in [9.17, 15) is 20.0 Å². The molecule has 15 heteroatoms. The molecule has 6 atom stereocenters. The van der Waals surface area contributed by atoms with E-state index >= 15 is 8.42 Å². The lowest BCUT2D eigenvalue weighted by molar-refractivity contribution is -0.798. The number of fused-ring (bicyclic) bond motifs is 1. The third kappa shape index (κ3) is 5.95. The summed E-state index contributed by atoms with van der Waals surface area (Å²) < 4.78 is 46.0. The third-order valence-electron chi connectivity index (χ3n) is 10.5. The molecule has 4 heterocycles. The van der Waals surface area contributed by atoms with Crippen molar-refractivity contribution in [2.24, 2.45) is 5.92 Å². The van der Waals surface area contributed by atoms with Crippen LogP contribution in [0.2, 0.25) is 0 Å². The quantitative estimate of drug-likeness (QED) is 0.304. The number of anilines is 1. The number of carbonyl (C=O) groups is 2. The molecule has 0 spiro atoms. The van der Waals surface area contributed by atoms with Gasteiger partial charge in [0, 0.05) is 55.7 Å². The number of likely N-dealkylation sites (tertiary alicyclic amines) is 1. The maximum Gasteiger partial charge on any atom is 0.337 e. The first-order chi connectivity index (χ1) is 24.6. The molecule has 3 aliphatic heterocycles. The molecule has 2 aromatic carbocycles. The van der Waals surface area contributed by atoms with E-state index in [4.69, 9.17) is 14.2 Å². The molecule has 0 radical (unpaired) electrons. The number of methoxy groups -OCH3 is 2. The Hall–Kier alpha value is -4.75. The molecule has 51 heavy (non-hydrogen) atoms. The maximum absolute atomic E-state index is 15.5. The van der Waals surface area contributed by atoms with Gasteiger partial charge in [0.05, 0.1) is 32.8 Å². The second-order valence-electron chi connectivity index (χ2n) is 12.8. The van der Waals surface area contributed by atoms with Gasteiger partial charge in [0.1, 0.15) is 35.9 Å². The van der Waals surface area contributed by atoms with Crippen molar-refractivity contribution < 1.29 is 41.2 Å². The van der Waals surface area contributed by atoms with Gasteiger partial charge in [-0.3, -0.25) is 9.69 Å². The lowest BCUT2D eigenvalue weighted by Gasteiger charge is -2.56. The van der Waals surface area contributed by atoms with E-state index in [1.54, 1.807) is 43.3 Å². The molecule has 3 aromatic rings. The summed E-state index contributed by atoms with van der Waals surface area (Å²) >= 11 is 0. The minimum absolute atomic E-state index is 0.161. The number of carbonyl (C=O) groups excluding carboxylic acids is 2. The number of nitriles is 1. The number of pyridine rings is 1. The molecule has 0 bridgehead atoms. The average molecular weight is 719 g/mol. The van der Waals surface area contributed by atoms with Crippen LogP contribution in [0.5, 0.6) is 17.4 Å². The largest absolute Gasteiger partial charge is 0.497 e. The standard InChI is InChI=1S/C36H42N6O8S/c1-5-40-16-18-41(19-17-40)32-23(21-37)22-42(36(44)45,51(46,47)29-14-13-24(48-3)20-28(29)49-4)33(30(32)26-11-9-15-38-35(26)50-6-2)31-25-10-7-8-12-27(25)39-34(31)43/h7-15,20,23,30-33H,5-6,16-19,22H2,1-4H3,(H-,39,43,44,45). The number of hydrogen-bond acceptors (Lipinski definition) is 12. The van der Waals surface area contributed by atoms with E-state index in [0.29, 0.717) is 43.0 Å². The molecular weight excluding hydrogens is 676 g/mol. The summed E-state index contributed by atoms with van der Waals surface area (Å²) in [4.78, 5) is 36.9. The van der Waals surface area contributed by atoms with Crippen LogP contribution in [0.15, 0.2) is 65.7 Å². The fourth-order valence-corrected chi connectivity index (χ4v) is 10.3. The molecule has 270 valence electrons. The summed E-state index contributed by atoms with van der Waals surface area (Å²) in [6, 6.07) is 14.2. The van der Waals surface area contributed by atoms with E-state index in [0.717, 1.165) is 6.54 Å². The molecule has 14 nitrogen and oxygen atoms in total. The first-order valence-electron chi connectivity index (χ1n) is 17.0. The first-order valence-corrected chi connectivity index (χ1v) is 18.4. The van der Waals surface area contributed by atoms with Gasteiger partial charge in [-0.1, -0.05) is 31.2 Å². The van der Waals surface area contributed by atoms with Crippen LogP contribution in [0.3, 0.4) is 0 Å². The third-order valence-corrected chi connectivity index (χ3v) is 12.8. The summed E-state index contributed by atoms with van der Waals surface area (Å²) in [5, 5.41) is 27.9. The molecule has 2 saturated heterocycles. The molecule has 3 aliphatic rings. The Morgan fingerprint density at radius 1 is 1.06 bits per heavy atom. The number of sulfonamides is 1. The molecule has 6 rings (SSSR count). The Morgan fingerprint density at radius 2 is 1.78 bits per heavy atom. The van der Waals surface area contributed by atoms with Crippen LogP contribution in [0.1, 0.15) is 36.8 Å². The minimum Gasteiger partial charge on any atom is -0.497 e. The number of para-hydroxylation sites is 1. The molecule has 6 unspecified atom stereocenters. The van der Waals surface area contributed by atoms with Crippen LogP contribution in [0.25, 0.3) is 0 Å². The number of quaternary nitrogens is 1. The second-order valence-corrected chi connectivity index (χ2v) is 14.9. The lowest BCUT2D eigenvalue weighted by atomic mass is 9.69. The Labute approximate surface area is 297 Å². The van der Waals surface area contributed by atoms with Gasteiger partial charge >= 0.3 is 10.0 Å². The first kappa shape index (κ1) is 36.1. The number of aromatic nitrogens is 1. The van der Waals surface area contributed by atoms with Crippen molar-refractivity contribution in [3.05, 3.63) is 71.9 Å². The summed E-state index contributed by atoms with van der Waals surface area (Å²) in [5.74, 6) is -3.86. The number of likely N-dealkylation sites (N-methyl/N-ethyl adjacent to an activating group) is 1. The number of carboxylic acid groups (broad SMARTS) is 1. The number of benzene rings is 2. The Bertz CT molecular complexity index is 1950. The SMILES string of the molecule is CCOc1ncccc1C1C(N2CCN(CC)CC2)C(C#N)C[N+](C(=O)[O-])(S(=O)(=O)c2ccc(OC)cc2OC)C1C1C(=O)Nc2ccccc21. The van der Waals surface area contributed by atoms with Crippen LogP contribution in [0.4, 0.5) is 10.5 Å². The Morgan fingerprint density at radius 3 is 2.43 bits per heavy atom. The highest BCUT2D eigenvalue weighted by atomic mass is 32.2. The van der Waals surface area contributed by atoms with Crippen molar-refractivity contribution in [2.45, 2.75) is 42.7 Å². The zero-order valence-corrected chi connectivity index (χ0v) is 29.8.